The van der Waals surface area contributed by atoms with E-state index in [0.717, 1.165) is 69.1 Å². The minimum atomic E-state index is 0.426. The van der Waals surface area contributed by atoms with Crippen molar-refractivity contribution in [2.24, 2.45) is 0 Å². The first-order chi connectivity index (χ1) is 16.5. The van der Waals surface area contributed by atoms with E-state index in [1.807, 2.05) is 12.1 Å². The van der Waals surface area contributed by atoms with Gasteiger partial charge in [0.25, 0.3) is 0 Å². The minimum Gasteiger partial charge on any atom is -0.383 e. The molecule has 0 radical (unpaired) electrons. The number of benzene rings is 3. The van der Waals surface area contributed by atoms with Gasteiger partial charge in [0.05, 0.1) is 22.1 Å². The van der Waals surface area contributed by atoms with E-state index in [2.05, 4.69) is 96.8 Å². The highest BCUT2D eigenvalue weighted by molar-refractivity contribution is 5.89. The molecule has 0 aliphatic rings. The molecule has 2 aromatic heterocycles. The highest BCUT2D eigenvalue weighted by Gasteiger charge is 2.15. The smallest absolute Gasteiger partial charge is 0.139 e. The standard InChI is InChI=1S/C28H32N6/c1-5-17(3)29-19-11-13-23-25(15-19)33-27(31-23)21-9-7-8-10-22(21)28-32-24-14-12-20(16-26(24)34-28)30-18(4)6-2/h7-18,29-30H,5-6H2,1-4H3,(H,31,33)(H,32,34). The zero-order valence-electron chi connectivity index (χ0n) is 20.2. The molecular formula is C28H32N6. The van der Waals surface area contributed by atoms with Crippen LogP contribution in [0.2, 0.25) is 0 Å². The molecule has 2 heterocycles. The van der Waals surface area contributed by atoms with Gasteiger partial charge in [-0.05, 0) is 63.1 Å². The summed E-state index contributed by atoms with van der Waals surface area (Å²) in [4.78, 5) is 16.8. The van der Waals surface area contributed by atoms with Crippen LogP contribution in [-0.4, -0.2) is 32.0 Å². The molecule has 6 nitrogen and oxygen atoms in total. The molecule has 0 aliphatic carbocycles. The monoisotopic (exact) mass is 452 g/mol. The number of anilines is 2. The molecule has 0 amide bonds. The molecule has 0 saturated heterocycles. The second kappa shape index (κ2) is 9.21. The van der Waals surface area contributed by atoms with Crippen LogP contribution in [0.25, 0.3) is 44.8 Å². The van der Waals surface area contributed by atoms with E-state index in [4.69, 9.17) is 9.97 Å². The third kappa shape index (κ3) is 4.36. The van der Waals surface area contributed by atoms with Crippen molar-refractivity contribution in [2.45, 2.75) is 52.6 Å². The van der Waals surface area contributed by atoms with Gasteiger partial charge >= 0.3 is 0 Å². The Morgan fingerprint density at radius 1 is 0.676 bits per heavy atom. The fourth-order valence-electron chi connectivity index (χ4n) is 4.12. The fraction of sp³-hybridized carbons (Fsp3) is 0.286. The van der Waals surface area contributed by atoms with Crippen molar-refractivity contribution < 1.29 is 0 Å². The minimum absolute atomic E-state index is 0.426. The third-order valence-electron chi connectivity index (χ3n) is 6.45. The second-order valence-corrected chi connectivity index (χ2v) is 9.09. The third-order valence-corrected chi connectivity index (χ3v) is 6.45. The van der Waals surface area contributed by atoms with E-state index in [1.165, 1.54) is 0 Å². The van der Waals surface area contributed by atoms with E-state index in [9.17, 15) is 0 Å². The normalized spacial score (nSPS) is 13.3. The lowest BCUT2D eigenvalue weighted by Gasteiger charge is -2.12. The second-order valence-electron chi connectivity index (χ2n) is 9.09. The van der Waals surface area contributed by atoms with Crippen molar-refractivity contribution >= 4 is 33.4 Å². The molecule has 5 rings (SSSR count). The molecule has 0 saturated carbocycles. The summed E-state index contributed by atoms with van der Waals surface area (Å²) in [6, 6.07) is 21.7. The van der Waals surface area contributed by atoms with Crippen LogP contribution in [0.4, 0.5) is 11.4 Å². The average molecular weight is 453 g/mol. The molecule has 6 heteroatoms. The zero-order chi connectivity index (χ0) is 23.7. The number of hydrogen-bond acceptors (Lipinski definition) is 4. The molecule has 2 atom stereocenters. The average Bonchev–Trinajstić information content (AvgIpc) is 3.47. The molecule has 0 bridgehead atoms. The molecular weight excluding hydrogens is 420 g/mol. The van der Waals surface area contributed by atoms with Gasteiger partial charge in [-0.3, -0.25) is 0 Å². The van der Waals surface area contributed by atoms with E-state index in [0.29, 0.717) is 12.1 Å². The van der Waals surface area contributed by atoms with Gasteiger partial charge in [-0.15, -0.1) is 0 Å². The topological polar surface area (TPSA) is 81.4 Å². The maximum Gasteiger partial charge on any atom is 0.139 e. The van der Waals surface area contributed by atoms with Crippen LogP contribution < -0.4 is 10.6 Å². The largest absolute Gasteiger partial charge is 0.383 e. The lowest BCUT2D eigenvalue weighted by molar-refractivity contribution is 0.764. The predicted octanol–water partition coefficient (Wildman–Crippen LogP) is 7.19. The van der Waals surface area contributed by atoms with Crippen LogP contribution in [0.1, 0.15) is 40.5 Å². The predicted molar refractivity (Wildman–Crippen MR) is 143 cm³/mol. The van der Waals surface area contributed by atoms with Gasteiger partial charge in [0.1, 0.15) is 11.6 Å². The first-order valence-electron chi connectivity index (χ1n) is 12.2. The highest BCUT2D eigenvalue weighted by Crippen LogP contribution is 2.32. The van der Waals surface area contributed by atoms with Gasteiger partial charge in [-0.25, -0.2) is 9.97 Å². The number of imidazole rings is 2. The Balaban J connectivity index is 1.51. The molecule has 3 aromatic carbocycles. The molecule has 5 aromatic rings. The SMILES string of the molecule is CCC(C)Nc1ccc2nc(-c3ccccc3-c3nc4ccc(NC(C)CC)cc4[nH]3)[nH]c2c1. The van der Waals surface area contributed by atoms with Gasteiger partial charge < -0.3 is 20.6 Å². The van der Waals surface area contributed by atoms with E-state index in [1.54, 1.807) is 0 Å². The van der Waals surface area contributed by atoms with Gasteiger partial charge in [-0.1, -0.05) is 38.1 Å². The summed E-state index contributed by atoms with van der Waals surface area (Å²) in [5.74, 6) is 1.68. The molecule has 174 valence electrons. The van der Waals surface area contributed by atoms with E-state index >= 15 is 0 Å². The maximum absolute atomic E-state index is 4.88. The number of fused-ring (bicyclic) bond motifs is 2. The van der Waals surface area contributed by atoms with E-state index < -0.39 is 0 Å². The summed E-state index contributed by atoms with van der Waals surface area (Å²) >= 11 is 0. The Kier molecular flexibility index (Phi) is 5.97. The Morgan fingerprint density at radius 3 is 1.53 bits per heavy atom. The first kappa shape index (κ1) is 22.0. The van der Waals surface area contributed by atoms with E-state index in [-0.39, 0.29) is 0 Å². The summed E-state index contributed by atoms with van der Waals surface area (Å²) in [5, 5.41) is 7.07. The highest BCUT2D eigenvalue weighted by atomic mass is 15.0. The van der Waals surface area contributed by atoms with Crippen molar-refractivity contribution in [2.75, 3.05) is 10.6 Å². The van der Waals surface area contributed by atoms with Gasteiger partial charge in [0.2, 0.25) is 0 Å². The number of H-pyrrole nitrogens is 2. The van der Waals surface area contributed by atoms with Crippen LogP contribution in [-0.2, 0) is 0 Å². The van der Waals surface area contributed by atoms with Crippen molar-refractivity contribution in [1.29, 1.82) is 0 Å². The Morgan fingerprint density at radius 2 is 1.12 bits per heavy atom. The van der Waals surface area contributed by atoms with Crippen LogP contribution in [0, 0.1) is 0 Å². The molecule has 0 aliphatic heterocycles. The van der Waals surface area contributed by atoms with Gasteiger partial charge in [0.15, 0.2) is 0 Å². The molecule has 2 unspecified atom stereocenters. The number of nitrogens with one attached hydrogen (secondary N) is 4. The molecule has 4 N–H and O–H groups in total. The van der Waals surface area contributed by atoms with Crippen molar-refractivity contribution in [3.63, 3.8) is 0 Å². The van der Waals surface area contributed by atoms with Crippen molar-refractivity contribution in [3.05, 3.63) is 60.7 Å². The number of aromatic amines is 2. The van der Waals surface area contributed by atoms with Crippen molar-refractivity contribution in [1.82, 2.24) is 19.9 Å². The Hall–Kier alpha value is -3.80. The quantitative estimate of drug-likeness (QED) is 0.201. The van der Waals surface area contributed by atoms with Gasteiger partial charge in [-0.2, -0.15) is 0 Å². The summed E-state index contributed by atoms with van der Waals surface area (Å²) in [5.41, 5.74) is 8.18. The fourth-order valence-corrected chi connectivity index (χ4v) is 4.12. The summed E-state index contributed by atoms with van der Waals surface area (Å²) < 4.78 is 0. The number of rotatable bonds is 8. The summed E-state index contributed by atoms with van der Waals surface area (Å²) in [6.07, 6.45) is 2.15. The number of aromatic nitrogens is 4. The van der Waals surface area contributed by atoms with Crippen LogP contribution in [0.5, 0.6) is 0 Å². The lowest BCUT2D eigenvalue weighted by atomic mass is 10.1. The molecule has 0 fully saturated rings. The molecule has 0 spiro atoms. The number of hydrogen-bond donors (Lipinski definition) is 4. The summed E-state index contributed by atoms with van der Waals surface area (Å²) in [7, 11) is 0. The Labute approximate surface area is 200 Å². The molecule has 34 heavy (non-hydrogen) atoms. The number of nitrogens with zero attached hydrogens (tertiary/aromatic N) is 2. The summed E-state index contributed by atoms with van der Waals surface area (Å²) in [6.45, 7) is 8.75. The zero-order valence-corrected chi connectivity index (χ0v) is 20.2. The van der Waals surface area contributed by atoms with Crippen molar-refractivity contribution in [3.8, 4) is 22.8 Å². The maximum atomic E-state index is 4.88. The van der Waals surface area contributed by atoms with Crippen LogP contribution in [0.15, 0.2) is 60.7 Å². The Bertz CT molecular complexity index is 1320. The first-order valence-corrected chi connectivity index (χ1v) is 12.2. The van der Waals surface area contributed by atoms with Crippen LogP contribution >= 0.6 is 0 Å². The van der Waals surface area contributed by atoms with Gasteiger partial charge in [0, 0.05) is 34.6 Å². The lowest BCUT2D eigenvalue weighted by Crippen LogP contribution is -2.13. The van der Waals surface area contributed by atoms with Crippen LogP contribution in [0.3, 0.4) is 0 Å².